The van der Waals surface area contributed by atoms with Gasteiger partial charge in [-0.2, -0.15) is 0 Å². The Hall–Kier alpha value is -2.30. The van der Waals surface area contributed by atoms with Crippen LogP contribution < -0.4 is 15.4 Å². The maximum atomic E-state index is 5.23. The van der Waals surface area contributed by atoms with E-state index in [4.69, 9.17) is 4.74 Å². The molecule has 0 radical (unpaired) electrons. The van der Waals surface area contributed by atoms with Gasteiger partial charge in [0.1, 0.15) is 23.7 Å². The van der Waals surface area contributed by atoms with Gasteiger partial charge in [0.25, 0.3) is 0 Å². The van der Waals surface area contributed by atoms with Gasteiger partial charge < -0.3 is 15.4 Å². The van der Waals surface area contributed by atoms with Crippen LogP contribution in [0.5, 0.6) is 5.75 Å². The lowest BCUT2D eigenvalue weighted by Crippen LogP contribution is -2.22. The highest BCUT2D eigenvalue weighted by atomic mass is 16.5. The number of nitrogens with one attached hydrogen (secondary N) is 2. The molecule has 1 aromatic carbocycles. The van der Waals surface area contributed by atoms with Crippen LogP contribution in [0.1, 0.15) is 32.1 Å². The Morgan fingerprint density at radius 1 is 1.05 bits per heavy atom. The molecule has 22 heavy (non-hydrogen) atoms. The summed E-state index contributed by atoms with van der Waals surface area (Å²) in [4.78, 5) is 8.60. The van der Waals surface area contributed by atoms with Crippen LogP contribution in [-0.2, 0) is 0 Å². The van der Waals surface area contributed by atoms with E-state index < -0.39 is 0 Å². The Morgan fingerprint density at radius 3 is 2.68 bits per heavy atom. The number of benzene rings is 1. The van der Waals surface area contributed by atoms with Gasteiger partial charge in [-0.3, -0.25) is 0 Å². The van der Waals surface area contributed by atoms with E-state index in [1.165, 1.54) is 32.1 Å². The summed E-state index contributed by atoms with van der Waals surface area (Å²) in [6.45, 7) is 0. The summed E-state index contributed by atoms with van der Waals surface area (Å²) in [5.74, 6) is 2.48. The molecule has 1 heterocycles. The van der Waals surface area contributed by atoms with Gasteiger partial charge in [0.05, 0.1) is 7.11 Å². The second-order valence-electron chi connectivity index (χ2n) is 5.62. The maximum Gasteiger partial charge on any atom is 0.135 e. The van der Waals surface area contributed by atoms with E-state index in [9.17, 15) is 0 Å². The molecule has 5 nitrogen and oxygen atoms in total. The van der Waals surface area contributed by atoms with E-state index >= 15 is 0 Å². The zero-order valence-electron chi connectivity index (χ0n) is 12.9. The second kappa shape index (κ2) is 7.11. The smallest absolute Gasteiger partial charge is 0.135 e. The van der Waals surface area contributed by atoms with Crippen molar-refractivity contribution in [2.75, 3.05) is 17.7 Å². The number of nitrogens with zero attached hydrogens (tertiary/aromatic N) is 2. The molecule has 116 valence electrons. The van der Waals surface area contributed by atoms with Crippen LogP contribution >= 0.6 is 0 Å². The first-order valence-corrected chi connectivity index (χ1v) is 7.83. The molecule has 0 saturated heterocycles. The highest BCUT2D eigenvalue weighted by molar-refractivity contribution is 5.60. The first-order chi connectivity index (χ1) is 10.8. The second-order valence-corrected chi connectivity index (χ2v) is 5.62. The van der Waals surface area contributed by atoms with E-state index in [-0.39, 0.29) is 0 Å². The molecule has 0 aliphatic heterocycles. The number of ether oxygens (including phenoxy) is 1. The lowest BCUT2D eigenvalue weighted by molar-refractivity contribution is 0.415. The van der Waals surface area contributed by atoms with Crippen molar-refractivity contribution in [3.63, 3.8) is 0 Å². The zero-order chi connectivity index (χ0) is 15.2. The molecule has 0 atom stereocenters. The molecule has 1 aliphatic carbocycles. The zero-order valence-corrected chi connectivity index (χ0v) is 12.9. The highest BCUT2D eigenvalue weighted by Gasteiger charge is 2.13. The molecule has 0 unspecified atom stereocenters. The molecule has 0 bridgehead atoms. The minimum Gasteiger partial charge on any atom is -0.497 e. The summed E-state index contributed by atoms with van der Waals surface area (Å²) in [6, 6.07) is 10.3. The third kappa shape index (κ3) is 3.87. The molecule has 2 aromatic rings. The number of aromatic nitrogens is 2. The molecule has 1 aromatic heterocycles. The number of hydrogen-bond donors (Lipinski definition) is 2. The summed E-state index contributed by atoms with van der Waals surface area (Å²) >= 11 is 0. The molecule has 0 spiro atoms. The van der Waals surface area contributed by atoms with Crippen molar-refractivity contribution in [2.45, 2.75) is 38.1 Å². The molecular formula is C17H22N4O. The summed E-state index contributed by atoms with van der Waals surface area (Å²) in [7, 11) is 1.66. The monoisotopic (exact) mass is 298 g/mol. The van der Waals surface area contributed by atoms with Gasteiger partial charge in [0, 0.05) is 23.9 Å². The highest BCUT2D eigenvalue weighted by Crippen LogP contribution is 2.23. The lowest BCUT2D eigenvalue weighted by atomic mass is 9.95. The maximum absolute atomic E-state index is 5.23. The molecule has 5 heteroatoms. The van der Waals surface area contributed by atoms with E-state index in [1.807, 2.05) is 30.3 Å². The molecule has 3 rings (SSSR count). The molecule has 1 fully saturated rings. The van der Waals surface area contributed by atoms with Crippen LogP contribution in [0.15, 0.2) is 36.7 Å². The fraction of sp³-hybridized carbons (Fsp3) is 0.412. The number of methoxy groups -OCH3 is 1. The summed E-state index contributed by atoms with van der Waals surface area (Å²) < 4.78 is 5.23. The van der Waals surface area contributed by atoms with E-state index in [2.05, 4.69) is 20.6 Å². The quantitative estimate of drug-likeness (QED) is 0.874. The molecule has 1 aliphatic rings. The van der Waals surface area contributed by atoms with Crippen LogP contribution in [0, 0.1) is 0 Å². The number of rotatable bonds is 5. The van der Waals surface area contributed by atoms with E-state index in [0.29, 0.717) is 6.04 Å². The topological polar surface area (TPSA) is 59.1 Å². The van der Waals surface area contributed by atoms with Gasteiger partial charge in [0.15, 0.2) is 0 Å². The van der Waals surface area contributed by atoms with Gasteiger partial charge in [-0.15, -0.1) is 0 Å². The van der Waals surface area contributed by atoms with Crippen molar-refractivity contribution < 1.29 is 4.74 Å². The molecule has 1 saturated carbocycles. The Kier molecular flexibility index (Phi) is 4.73. The fourth-order valence-corrected chi connectivity index (χ4v) is 2.81. The first kappa shape index (κ1) is 14.6. The van der Waals surface area contributed by atoms with Crippen molar-refractivity contribution in [3.05, 3.63) is 36.7 Å². The largest absolute Gasteiger partial charge is 0.497 e. The third-order valence-corrected chi connectivity index (χ3v) is 3.97. The van der Waals surface area contributed by atoms with Crippen molar-refractivity contribution in [1.29, 1.82) is 0 Å². The lowest BCUT2D eigenvalue weighted by Gasteiger charge is -2.23. The van der Waals surface area contributed by atoms with Crippen LogP contribution in [0.3, 0.4) is 0 Å². The van der Waals surface area contributed by atoms with Crippen LogP contribution in [0.4, 0.5) is 17.3 Å². The standard InChI is InChI=1S/C17H22N4O/c1-22-15-9-5-8-14(10-15)21-17-11-16(18-12-19-17)20-13-6-3-2-4-7-13/h5,8-13H,2-4,6-7H2,1H3,(H2,18,19,20,21). The molecule has 0 amide bonds. The van der Waals surface area contributed by atoms with Gasteiger partial charge in [-0.05, 0) is 25.0 Å². The van der Waals surface area contributed by atoms with Crippen molar-refractivity contribution >= 4 is 17.3 Å². The minimum atomic E-state index is 0.535. The van der Waals surface area contributed by atoms with E-state index in [0.717, 1.165) is 23.1 Å². The predicted molar refractivity (Wildman–Crippen MR) is 88.8 cm³/mol. The van der Waals surface area contributed by atoms with Crippen molar-refractivity contribution in [3.8, 4) is 5.75 Å². The van der Waals surface area contributed by atoms with Gasteiger partial charge in [-0.25, -0.2) is 9.97 Å². The van der Waals surface area contributed by atoms with Crippen LogP contribution in [0.25, 0.3) is 0 Å². The van der Waals surface area contributed by atoms with E-state index in [1.54, 1.807) is 13.4 Å². The summed E-state index contributed by atoms with van der Waals surface area (Å²) in [6.07, 6.45) is 8.00. The van der Waals surface area contributed by atoms with Crippen LogP contribution in [0.2, 0.25) is 0 Å². The summed E-state index contributed by atoms with van der Waals surface area (Å²) in [5.41, 5.74) is 0.946. The Balaban J connectivity index is 1.67. The Labute approximate surface area is 131 Å². The predicted octanol–water partition coefficient (Wildman–Crippen LogP) is 3.97. The Bertz CT molecular complexity index is 611. The van der Waals surface area contributed by atoms with Gasteiger partial charge in [-0.1, -0.05) is 25.3 Å². The average Bonchev–Trinajstić information content (AvgIpc) is 2.56. The van der Waals surface area contributed by atoms with Crippen molar-refractivity contribution in [1.82, 2.24) is 9.97 Å². The van der Waals surface area contributed by atoms with Gasteiger partial charge >= 0.3 is 0 Å². The normalized spacial score (nSPS) is 15.3. The van der Waals surface area contributed by atoms with Gasteiger partial charge in [0.2, 0.25) is 0 Å². The summed E-state index contributed by atoms with van der Waals surface area (Å²) in [5, 5.41) is 6.80. The first-order valence-electron chi connectivity index (χ1n) is 7.83. The average molecular weight is 298 g/mol. The van der Waals surface area contributed by atoms with Crippen molar-refractivity contribution in [2.24, 2.45) is 0 Å². The van der Waals surface area contributed by atoms with Crippen LogP contribution in [-0.4, -0.2) is 23.1 Å². The number of hydrogen-bond acceptors (Lipinski definition) is 5. The SMILES string of the molecule is COc1cccc(Nc2cc(NC3CCCCC3)ncn2)c1. The Morgan fingerprint density at radius 2 is 1.86 bits per heavy atom. The molecule has 2 N–H and O–H groups in total. The third-order valence-electron chi connectivity index (χ3n) is 3.97. The number of anilines is 3. The minimum absolute atomic E-state index is 0.535. The fourth-order valence-electron chi connectivity index (χ4n) is 2.81. The molecular weight excluding hydrogens is 276 g/mol.